The van der Waals surface area contributed by atoms with Crippen LogP contribution in [-0.4, -0.2) is 41.1 Å². The molecular formula is C15H20ClFN2O2. The van der Waals surface area contributed by atoms with Crippen molar-refractivity contribution in [3.8, 4) is 0 Å². The number of halogens is 2. The zero-order valence-corrected chi connectivity index (χ0v) is 12.7. The molecule has 21 heavy (non-hydrogen) atoms. The number of carbonyl (C=O) groups is 1. The van der Waals surface area contributed by atoms with Crippen LogP contribution in [0.4, 0.5) is 4.39 Å². The lowest BCUT2D eigenvalue weighted by molar-refractivity contribution is -0.139. The van der Waals surface area contributed by atoms with Gasteiger partial charge in [-0.15, -0.1) is 0 Å². The van der Waals surface area contributed by atoms with Gasteiger partial charge in [-0.1, -0.05) is 24.6 Å². The second-order valence-electron chi connectivity index (χ2n) is 5.36. The second kappa shape index (κ2) is 7.20. The molecule has 0 aromatic heterocycles. The quantitative estimate of drug-likeness (QED) is 0.812. The number of nitrogens with zero attached hydrogens (tertiary/aromatic N) is 1. The molecule has 0 bridgehead atoms. The monoisotopic (exact) mass is 314 g/mol. The predicted molar refractivity (Wildman–Crippen MR) is 79.9 cm³/mol. The summed E-state index contributed by atoms with van der Waals surface area (Å²) in [5.41, 5.74) is 0.487. The highest BCUT2D eigenvalue weighted by Crippen LogP contribution is 2.27. The van der Waals surface area contributed by atoms with Crippen LogP contribution in [0.25, 0.3) is 0 Å². The standard InChI is InChI=1S/C15H20ClFN2O2/c1-2-19(9-15(20)21)11-6-10(7-11)18-8-12-13(16)4-3-5-14(12)17/h3-5,10-11,18H,2,6-9H2,1H3,(H,20,21). The van der Waals surface area contributed by atoms with E-state index < -0.39 is 5.97 Å². The highest BCUT2D eigenvalue weighted by atomic mass is 35.5. The third-order valence-electron chi connectivity index (χ3n) is 4.00. The van der Waals surface area contributed by atoms with Gasteiger partial charge in [-0.2, -0.15) is 0 Å². The molecule has 4 nitrogen and oxygen atoms in total. The third kappa shape index (κ3) is 4.15. The number of nitrogens with one attached hydrogen (secondary N) is 1. The van der Waals surface area contributed by atoms with Gasteiger partial charge in [0.25, 0.3) is 0 Å². The molecule has 0 heterocycles. The highest BCUT2D eigenvalue weighted by Gasteiger charge is 2.33. The van der Waals surface area contributed by atoms with Gasteiger partial charge in [-0.05, 0) is 31.5 Å². The topological polar surface area (TPSA) is 52.6 Å². The van der Waals surface area contributed by atoms with E-state index >= 15 is 0 Å². The number of rotatable bonds is 7. The Morgan fingerprint density at radius 3 is 2.81 bits per heavy atom. The molecule has 1 saturated carbocycles. The van der Waals surface area contributed by atoms with Gasteiger partial charge >= 0.3 is 5.97 Å². The van der Waals surface area contributed by atoms with Crippen LogP contribution in [0.15, 0.2) is 18.2 Å². The van der Waals surface area contributed by atoms with E-state index in [0.717, 1.165) is 19.4 Å². The maximum atomic E-state index is 13.6. The fraction of sp³-hybridized carbons (Fsp3) is 0.533. The molecule has 0 radical (unpaired) electrons. The van der Waals surface area contributed by atoms with Crippen molar-refractivity contribution in [2.75, 3.05) is 13.1 Å². The van der Waals surface area contributed by atoms with Crippen molar-refractivity contribution in [2.24, 2.45) is 0 Å². The molecule has 6 heteroatoms. The van der Waals surface area contributed by atoms with Crippen molar-refractivity contribution >= 4 is 17.6 Å². The van der Waals surface area contributed by atoms with Gasteiger partial charge in [0, 0.05) is 29.2 Å². The van der Waals surface area contributed by atoms with Crippen molar-refractivity contribution in [1.29, 1.82) is 0 Å². The third-order valence-corrected chi connectivity index (χ3v) is 4.36. The van der Waals surface area contributed by atoms with Crippen LogP contribution in [0.5, 0.6) is 0 Å². The minimum Gasteiger partial charge on any atom is -0.480 e. The minimum absolute atomic E-state index is 0.0764. The minimum atomic E-state index is -0.800. The van der Waals surface area contributed by atoms with Crippen molar-refractivity contribution in [3.63, 3.8) is 0 Å². The van der Waals surface area contributed by atoms with E-state index in [1.807, 2.05) is 11.8 Å². The summed E-state index contributed by atoms with van der Waals surface area (Å²) < 4.78 is 13.6. The van der Waals surface area contributed by atoms with Gasteiger partial charge in [0.05, 0.1) is 6.54 Å². The normalized spacial score (nSPS) is 21.3. The Kier molecular flexibility index (Phi) is 5.56. The Bertz CT molecular complexity index is 486. The fourth-order valence-corrected chi connectivity index (χ4v) is 2.90. The molecule has 1 aromatic carbocycles. The molecule has 1 aliphatic carbocycles. The number of benzene rings is 1. The Hall–Kier alpha value is -1.17. The average Bonchev–Trinajstić information content (AvgIpc) is 2.37. The Balaban J connectivity index is 1.79. The maximum Gasteiger partial charge on any atom is 0.317 e. The number of likely N-dealkylation sites (N-methyl/N-ethyl adjacent to an activating group) is 1. The molecule has 1 fully saturated rings. The van der Waals surface area contributed by atoms with Crippen LogP contribution in [0.1, 0.15) is 25.3 Å². The Labute approximate surface area is 128 Å². The average molecular weight is 315 g/mol. The largest absolute Gasteiger partial charge is 0.480 e. The van der Waals surface area contributed by atoms with E-state index in [0.29, 0.717) is 23.2 Å². The first kappa shape index (κ1) is 16.2. The van der Waals surface area contributed by atoms with Gasteiger partial charge < -0.3 is 10.4 Å². The first-order valence-electron chi connectivity index (χ1n) is 7.13. The highest BCUT2D eigenvalue weighted by molar-refractivity contribution is 6.31. The first-order chi connectivity index (χ1) is 10.0. The summed E-state index contributed by atoms with van der Waals surface area (Å²) in [5, 5.41) is 12.6. The van der Waals surface area contributed by atoms with E-state index in [1.54, 1.807) is 12.1 Å². The van der Waals surface area contributed by atoms with Crippen molar-refractivity contribution in [2.45, 2.75) is 38.4 Å². The van der Waals surface area contributed by atoms with Crippen molar-refractivity contribution in [1.82, 2.24) is 10.2 Å². The van der Waals surface area contributed by atoms with E-state index in [1.165, 1.54) is 6.07 Å². The molecule has 1 aromatic rings. The van der Waals surface area contributed by atoms with Gasteiger partial charge in [0.1, 0.15) is 5.82 Å². The second-order valence-corrected chi connectivity index (χ2v) is 5.77. The molecule has 1 aliphatic rings. The molecule has 0 atom stereocenters. The van der Waals surface area contributed by atoms with Crippen LogP contribution >= 0.6 is 11.6 Å². The van der Waals surface area contributed by atoms with Crippen LogP contribution in [0.3, 0.4) is 0 Å². The molecule has 0 aliphatic heterocycles. The van der Waals surface area contributed by atoms with E-state index in [-0.39, 0.29) is 18.4 Å². The van der Waals surface area contributed by atoms with Crippen LogP contribution < -0.4 is 5.32 Å². The summed E-state index contributed by atoms with van der Waals surface area (Å²) in [7, 11) is 0. The van der Waals surface area contributed by atoms with E-state index in [9.17, 15) is 9.18 Å². The lowest BCUT2D eigenvalue weighted by atomic mass is 9.85. The van der Waals surface area contributed by atoms with Crippen molar-refractivity contribution < 1.29 is 14.3 Å². The Morgan fingerprint density at radius 1 is 1.52 bits per heavy atom. The maximum absolute atomic E-state index is 13.6. The fourth-order valence-electron chi connectivity index (χ4n) is 2.67. The molecule has 0 unspecified atom stereocenters. The van der Waals surface area contributed by atoms with Crippen LogP contribution in [-0.2, 0) is 11.3 Å². The smallest absolute Gasteiger partial charge is 0.317 e. The van der Waals surface area contributed by atoms with Crippen LogP contribution in [0, 0.1) is 5.82 Å². The molecule has 0 saturated heterocycles. The molecular weight excluding hydrogens is 295 g/mol. The molecule has 0 amide bonds. The zero-order valence-electron chi connectivity index (χ0n) is 12.0. The lowest BCUT2D eigenvalue weighted by Crippen LogP contribution is -2.53. The van der Waals surface area contributed by atoms with Gasteiger partial charge in [-0.3, -0.25) is 9.69 Å². The SMILES string of the molecule is CCN(CC(=O)O)C1CC(NCc2c(F)cccc2Cl)C1. The molecule has 116 valence electrons. The summed E-state index contributed by atoms with van der Waals surface area (Å²) in [5.74, 6) is -1.10. The lowest BCUT2D eigenvalue weighted by Gasteiger charge is -2.42. The van der Waals surface area contributed by atoms with Crippen molar-refractivity contribution in [3.05, 3.63) is 34.6 Å². The number of carboxylic acids is 1. The van der Waals surface area contributed by atoms with Crippen LogP contribution in [0.2, 0.25) is 5.02 Å². The molecule has 2 rings (SSSR count). The number of hydrogen-bond acceptors (Lipinski definition) is 3. The number of carboxylic acid groups (broad SMARTS) is 1. The summed E-state index contributed by atoms with van der Waals surface area (Å²) in [6.07, 6.45) is 1.76. The van der Waals surface area contributed by atoms with E-state index in [4.69, 9.17) is 16.7 Å². The summed E-state index contributed by atoms with van der Waals surface area (Å²) >= 11 is 5.98. The van der Waals surface area contributed by atoms with Gasteiger partial charge in [-0.25, -0.2) is 4.39 Å². The summed E-state index contributed by atoms with van der Waals surface area (Å²) in [6.45, 7) is 3.16. The first-order valence-corrected chi connectivity index (χ1v) is 7.51. The molecule has 2 N–H and O–H groups in total. The van der Waals surface area contributed by atoms with Gasteiger partial charge in [0.2, 0.25) is 0 Å². The van der Waals surface area contributed by atoms with E-state index in [2.05, 4.69) is 5.32 Å². The Morgan fingerprint density at radius 2 is 2.24 bits per heavy atom. The summed E-state index contributed by atoms with van der Waals surface area (Å²) in [6, 6.07) is 5.24. The number of hydrogen-bond donors (Lipinski definition) is 2. The summed E-state index contributed by atoms with van der Waals surface area (Å²) in [4.78, 5) is 12.7. The zero-order chi connectivity index (χ0) is 15.4. The van der Waals surface area contributed by atoms with Gasteiger partial charge in [0.15, 0.2) is 0 Å². The number of aliphatic carboxylic acids is 1. The predicted octanol–water partition coefficient (Wildman–Crippen LogP) is 2.51. The molecule has 0 spiro atoms.